The van der Waals surface area contributed by atoms with Crippen LogP contribution in [0.5, 0.6) is 0 Å². The van der Waals surface area contributed by atoms with Gasteiger partial charge in [-0.1, -0.05) is 28.1 Å². The Morgan fingerprint density at radius 1 is 1.47 bits per heavy atom. The third kappa shape index (κ3) is 3.32. The van der Waals surface area contributed by atoms with E-state index >= 15 is 0 Å². The number of rotatable bonds is 4. The first-order valence-corrected chi connectivity index (χ1v) is 5.36. The Labute approximate surface area is 94.8 Å². The molecule has 1 aromatic rings. The van der Waals surface area contributed by atoms with Gasteiger partial charge in [0.2, 0.25) is 5.91 Å². The second-order valence-corrected chi connectivity index (χ2v) is 3.55. The van der Waals surface area contributed by atoms with Crippen LogP contribution in [-0.4, -0.2) is 16.2 Å². The number of hydrogen-bond acceptors (Lipinski definition) is 3. The second-order valence-electron chi connectivity index (χ2n) is 2.76. The molecule has 1 aromatic carbocycles. The molecule has 0 aromatic heterocycles. The molecule has 0 bridgehead atoms. The van der Waals surface area contributed by atoms with Crippen molar-refractivity contribution in [3.63, 3.8) is 0 Å². The van der Waals surface area contributed by atoms with E-state index in [4.69, 9.17) is 0 Å². The molecular formula is C9H9BrN2O3. The number of nitrogens with zero attached hydrogens (tertiary/aromatic N) is 1. The van der Waals surface area contributed by atoms with Gasteiger partial charge in [-0.25, -0.2) is 0 Å². The van der Waals surface area contributed by atoms with Gasteiger partial charge in [0.05, 0.1) is 4.92 Å². The van der Waals surface area contributed by atoms with Gasteiger partial charge in [-0.15, -0.1) is 0 Å². The largest absolute Gasteiger partial charge is 0.320 e. The summed E-state index contributed by atoms with van der Waals surface area (Å²) < 4.78 is 0. The molecule has 0 fully saturated rings. The van der Waals surface area contributed by atoms with Gasteiger partial charge in [-0.3, -0.25) is 14.9 Å². The van der Waals surface area contributed by atoms with Gasteiger partial charge in [0.1, 0.15) is 5.69 Å². The van der Waals surface area contributed by atoms with Crippen LogP contribution in [0.4, 0.5) is 11.4 Å². The Bertz CT molecular complexity index is 381. The second kappa shape index (κ2) is 5.45. The Hall–Kier alpha value is -1.43. The Kier molecular flexibility index (Phi) is 4.23. The molecule has 1 rings (SSSR count). The number of carbonyl (C=O) groups excluding carboxylic acids is 1. The highest BCUT2D eigenvalue weighted by molar-refractivity contribution is 9.09. The Morgan fingerprint density at radius 3 is 2.73 bits per heavy atom. The molecule has 1 amide bonds. The summed E-state index contributed by atoms with van der Waals surface area (Å²) in [6.45, 7) is 0. The van der Waals surface area contributed by atoms with Gasteiger partial charge in [-0.05, 0) is 6.07 Å². The first-order valence-electron chi connectivity index (χ1n) is 4.24. The van der Waals surface area contributed by atoms with E-state index in [0.29, 0.717) is 5.33 Å². The zero-order valence-electron chi connectivity index (χ0n) is 7.77. The quantitative estimate of drug-likeness (QED) is 0.519. The third-order valence-corrected chi connectivity index (χ3v) is 2.09. The minimum atomic E-state index is -0.524. The lowest BCUT2D eigenvalue weighted by Crippen LogP contribution is -2.12. The molecule has 80 valence electrons. The van der Waals surface area contributed by atoms with Crippen molar-refractivity contribution >= 4 is 33.2 Å². The molecule has 1 N–H and O–H groups in total. The fourth-order valence-corrected chi connectivity index (χ4v) is 1.40. The van der Waals surface area contributed by atoms with E-state index in [1.165, 1.54) is 12.1 Å². The number of amides is 1. The molecule has 0 atom stereocenters. The Morgan fingerprint density at radius 2 is 2.13 bits per heavy atom. The lowest BCUT2D eigenvalue weighted by atomic mass is 10.2. The van der Waals surface area contributed by atoms with Crippen LogP contribution in [0.2, 0.25) is 0 Å². The van der Waals surface area contributed by atoms with Gasteiger partial charge >= 0.3 is 0 Å². The number of benzene rings is 1. The molecular weight excluding hydrogens is 264 g/mol. The Balaban J connectivity index is 2.84. The van der Waals surface area contributed by atoms with Crippen LogP contribution in [0.3, 0.4) is 0 Å². The number of nitro benzene ring substituents is 1. The number of carbonyl (C=O) groups is 1. The van der Waals surface area contributed by atoms with Crippen LogP contribution in [-0.2, 0) is 4.79 Å². The average molecular weight is 273 g/mol. The van der Waals surface area contributed by atoms with Gasteiger partial charge in [0.15, 0.2) is 0 Å². The minimum Gasteiger partial charge on any atom is -0.320 e. The predicted octanol–water partition coefficient (Wildman–Crippen LogP) is 2.32. The van der Waals surface area contributed by atoms with Gasteiger partial charge in [0, 0.05) is 17.8 Å². The monoisotopic (exact) mass is 272 g/mol. The highest BCUT2D eigenvalue weighted by Crippen LogP contribution is 2.23. The average Bonchev–Trinajstić information content (AvgIpc) is 2.18. The topological polar surface area (TPSA) is 72.2 Å². The smallest absolute Gasteiger partial charge is 0.292 e. The molecule has 0 aliphatic rings. The fourth-order valence-electron chi connectivity index (χ4n) is 1.04. The van der Waals surface area contributed by atoms with Gasteiger partial charge < -0.3 is 5.32 Å². The molecule has 0 saturated heterocycles. The molecule has 0 radical (unpaired) electrons. The van der Waals surface area contributed by atoms with Crippen LogP contribution in [0, 0.1) is 10.1 Å². The zero-order chi connectivity index (χ0) is 11.3. The first kappa shape index (κ1) is 11.6. The van der Waals surface area contributed by atoms with Gasteiger partial charge in [-0.2, -0.15) is 0 Å². The summed E-state index contributed by atoms with van der Waals surface area (Å²) in [6, 6.07) is 6.04. The fraction of sp³-hybridized carbons (Fsp3) is 0.222. The van der Waals surface area contributed by atoms with Crippen molar-refractivity contribution in [3.05, 3.63) is 34.4 Å². The molecule has 15 heavy (non-hydrogen) atoms. The third-order valence-electron chi connectivity index (χ3n) is 1.70. The summed E-state index contributed by atoms with van der Waals surface area (Å²) in [5.41, 5.74) is 0.133. The highest BCUT2D eigenvalue weighted by atomic mass is 79.9. The van der Waals surface area contributed by atoms with E-state index in [9.17, 15) is 14.9 Å². The summed E-state index contributed by atoms with van der Waals surface area (Å²) in [7, 11) is 0. The normalized spacial score (nSPS) is 9.67. The van der Waals surface area contributed by atoms with Crippen molar-refractivity contribution < 1.29 is 9.72 Å². The van der Waals surface area contributed by atoms with Crippen molar-refractivity contribution in [1.82, 2.24) is 0 Å². The van der Waals surface area contributed by atoms with E-state index in [2.05, 4.69) is 21.2 Å². The van der Waals surface area contributed by atoms with Crippen molar-refractivity contribution in [1.29, 1.82) is 0 Å². The summed E-state index contributed by atoms with van der Waals surface area (Å²) in [6.07, 6.45) is 0.284. The molecule has 6 heteroatoms. The highest BCUT2D eigenvalue weighted by Gasteiger charge is 2.13. The molecule has 5 nitrogen and oxygen atoms in total. The number of alkyl halides is 1. The number of para-hydroxylation sites is 2. The van der Waals surface area contributed by atoms with E-state index in [-0.39, 0.29) is 23.7 Å². The van der Waals surface area contributed by atoms with E-state index in [0.717, 1.165) is 0 Å². The zero-order valence-corrected chi connectivity index (χ0v) is 9.36. The number of halogens is 1. The number of anilines is 1. The molecule has 0 spiro atoms. The predicted molar refractivity (Wildman–Crippen MR) is 60.1 cm³/mol. The van der Waals surface area contributed by atoms with Crippen LogP contribution < -0.4 is 5.32 Å². The van der Waals surface area contributed by atoms with Crippen LogP contribution in [0.25, 0.3) is 0 Å². The van der Waals surface area contributed by atoms with E-state index in [1.807, 2.05) is 0 Å². The molecule has 0 aliphatic heterocycles. The van der Waals surface area contributed by atoms with E-state index < -0.39 is 4.92 Å². The van der Waals surface area contributed by atoms with Gasteiger partial charge in [0.25, 0.3) is 5.69 Å². The maximum absolute atomic E-state index is 11.2. The van der Waals surface area contributed by atoms with Crippen molar-refractivity contribution in [3.8, 4) is 0 Å². The summed E-state index contributed by atoms with van der Waals surface area (Å²) in [4.78, 5) is 21.3. The van der Waals surface area contributed by atoms with Crippen LogP contribution >= 0.6 is 15.9 Å². The number of nitrogens with one attached hydrogen (secondary N) is 1. The summed E-state index contributed by atoms with van der Waals surface area (Å²) in [5.74, 6) is -0.249. The maximum atomic E-state index is 11.2. The molecule has 0 unspecified atom stereocenters. The summed E-state index contributed by atoms with van der Waals surface area (Å²) in [5, 5.41) is 13.6. The van der Waals surface area contributed by atoms with Crippen molar-refractivity contribution in [2.24, 2.45) is 0 Å². The minimum absolute atomic E-state index is 0.0968. The van der Waals surface area contributed by atoms with E-state index in [1.54, 1.807) is 12.1 Å². The molecule has 0 heterocycles. The maximum Gasteiger partial charge on any atom is 0.292 e. The molecule has 0 aliphatic carbocycles. The standard InChI is InChI=1S/C9H9BrN2O3/c10-6-5-9(13)11-7-3-1-2-4-8(7)12(14)15/h1-4H,5-6H2,(H,11,13). The van der Waals surface area contributed by atoms with Crippen molar-refractivity contribution in [2.45, 2.75) is 6.42 Å². The SMILES string of the molecule is O=C(CCBr)Nc1ccccc1[N+](=O)[O-]. The number of hydrogen-bond donors (Lipinski definition) is 1. The van der Waals surface area contributed by atoms with Crippen LogP contribution in [0.15, 0.2) is 24.3 Å². The lowest BCUT2D eigenvalue weighted by Gasteiger charge is -2.03. The first-order chi connectivity index (χ1) is 7.15. The molecule has 0 saturated carbocycles. The lowest BCUT2D eigenvalue weighted by molar-refractivity contribution is -0.383. The van der Waals surface area contributed by atoms with Crippen molar-refractivity contribution in [2.75, 3.05) is 10.6 Å². The number of nitro groups is 1. The summed E-state index contributed by atoms with van der Waals surface area (Å²) >= 11 is 3.12. The van der Waals surface area contributed by atoms with Crippen LogP contribution in [0.1, 0.15) is 6.42 Å².